The maximum Gasteiger partial charge on any atom is 0.243 e. The molecule has 0 atom stereocenters. The van der Waals surface area contributed by atoms with E-state index in [2.05, 4.69) is 5.32 Å². The van der Waals surface area contributed by atoms with Crippen LogP contribution in [-0.2, 0) is 21.2 Å². The molecule has 1 aliphatic heterocycles. The second kappa shape index (κ2) is 10.0. The number of piperidine rings is 1. The monoisotopic (exact) mass is 454 g/mol. The molecular formula is C24H26N2O5S. The fourth-order valence-electron chi connectivity index (χ4n) is 3.63. The number of nitrogens with zero attached hydrogens (tertiary/aromatic N) is 1. The first kappa shape index (κ1) is 22.1. The fraction of sp³-hybridized carbons (Fsp3) is 0.292. The van der Waals surface area contributed by atoms with Crippen molar-refractivity contribution in [3.05, 3.63) is 72.7 Å². The van der Waals surface area contributed by atoms with Crippen molar-refractivity contribution in [3.63, 3.8) is 0 Å². The molecule has 2 aromatic carbocycles. The van der Waals surface area contributed by atoms with Gasteiger partial charge in [0.15, 0.2) is 5.75 Å². The highest BCUT2D eigenvalue weighted by atomic mass is 32.2. The number of carbonyl (C=O) groups excluding carboxylic acids is 1. The molecule has 168 valence electrons. The van der Waals surface area contributed by atoms with Crippen LogP contribution in [0.1, 0.15) is 31.4 Å². The molecule has 1 N–H and O–H groups in total. The Kier molecular flexibility index (Phi) is 6.92. The number of aryl methyl sites for hydroxylation is 1. The quantitative estimate of drug-likeness (QED) is 0.527. The van der Waals surface area contributed by atoms with E-state index in [1.807, 2.05) is 24.3 Å². The van der Waals surface area contributed by atoms with Gasteiger partial charge in [0, 0.05) is 25.9 Å². The number of para-hydroxylation sites is 1. The van der Waals surface area contributed by atoms with Crippen molar-refractivity contribution in [1.82, 2.24) is 4.31 Å². The summed E-state index contributed by atoms with van der Waals surface area (Å²) in [5.74, 6) is 1.42. The predicted molar refractivity (Wildman–Crippen MR) is 121 cm³/mol. The highest BCUT2D eigenvalue weighted by Crippen LogP contribution is 2.33. The second-order valence-electron chi connectivity index (χ2n) is 7.67. The molecule has 0 saturated carbocycles. The summed E-state index contributed by atoms with van der Waals surface area (Å²) in [6.07, 6.45) is 4.94. The van der Waals surface area contributed by atoms with Gasteiger partial charge in [-0.3, -0.25) is 4.79 Å². The Bertz CT molecular complexity index is 1140. The highest BCUT2D eigenvalue weighted by molar-refractivity contribution is 7.89. The lowest BCUT2D eigenvalue weighted by Gasteiger charge is -2.26. The number of ether oxygens (including phenoxy) is 1. The van der Waals surface area contributed by atoms with E-state index in [0.717, 1.165) is 19.3 Å². The van der Waals surface area contributed by atoms with E-state index in [1.54, 1.807) is 30.5 Å². The lowest BCUT2D eigenvalue weighted by atomic mass is 10.2. The van der Waals surface area contributed by atoms with Gasteiger partial charge in [0.05, 0.1) is 16.8 Å². The maximum absolute atomic E-state index is 13.1. The number of anilines is 1. The van der Waals surface area contributed by atoms with Gasteiger partial charge >= 0.3 is 0 Å². The average molecular weight is 455 g/mol. The van der Waals surface area contributed by atoms with Crippen molar-refractivity contribution in [2.24, 2.45) is 0 Å². The molecule has 2 heterocycles. The number of rotatable bonds is 8. The molecule has 1 saturated heterocycles. The van der Waals surface area contributed by atoms with E-state index >= 15 is 0 Å². The lowest BCUT2D eigenvalue weighted by Crippen LogP contribution is -2.35. The van der Waals surface area contributed by atoms with Crippen LogP contribution >= 0.6 is 0 Å². The van der Waals surface area contributed by atoms with Gasteiger partial charge in [0.25, 0.3) is 0 Å². The van der Waals surface area contributed by atoms with Crippen LogP contribution in [0.5, 0.6) is 11.5 Å². The first-order valence-corrected chi connectivity index (χ1v) is 12.2. The molecule has 3 aromatic rings. The first-order valence-electron chi connectivity index (χ1n) is 10.7. The summed E-state index contributed by atoms with van der Waals surface area (Å²) in [5, 5.41) is 2.82. The molecule has 7 nitrogen and oxygen atoms in total. The Morgan fingerprint density at radius 2 is 1.78 bits per heavy atom. The van der Waals surface area contributed by atoms with Gasteiger partial charge in [0.1, 0.15) is 11.5 Å². The Hall–Kier alpha value is -3.10. The maximum atomic E-state index is 13.1. The van der Waals surface area contributed by atoms with Crippen LogP contribution in [0.4, 0.5) is 5.69 Å². The van der Waals surface area contributed by atoms with Gasteiger partial charge in [-0.25, -0.2) is 8.42 Å². The number of nitrogens with one attached hydrogen (secondary N) is 1. The Balaban J connectivity index is 1.58. The predicted octanol–water partition coefficient (Wildman–Crippen LogP) is 4.82. The van der Waals surface area contributed by atoms with Gasteiger partial charge in [-0.1, -0.05) is 24.6 Å². The molecule has 1 amide bonds. The van der Waals surface area contributed by atoms with E-state index < -0.39 is 10.0 Å². The summed E-state index contributed by atoms with van der Waals surface area (Å²) in [6.45, 7) is 1.02. The summed E-state index contributed by atoms with van der Waals surface area (Å²) >= 11 is 0. The molecule has 0 radical (unpaired) electrons. The fourth-order valence-corrected chi connectivity index (χ4v) is 5.17. The minimum absolute atomic E-state index is 0.140. The van der Waals surface area contributed by atoms with Crippen molar-refractivity contribution in [2.45, 2.75) is 37.0 Å². The van der Waals surface area contributed by atoms with Crippen LogP contribution in [0.25, 0.3) is 0 Å². The minimum Gasteiger partial charge on any atom is -0.469 e. The summed E-state index contributed by atoms with van der Waals surface area (Å²) in [6, 6.07) is 17.3. The number of furan rings is 1. The Morgan fingerprint density at radius 3 is 2.50 bits per heavy atom. The minimum atomic E-state index is -3.65. The summed E-state index contributed by atoms with van der Waals surface area (Å²) in [4.78, 5) is 12.7. The molecule has 1 fully saturated rings. The average Bonchev–Trinajstić information content (AvgIpc) is 3.34. The molecule has 4 rings (SSSR count). The largest absolute Gasteiger partial charge is 0.469 e. The molecule has 0 bridgehead atoms. The molecule has 32 heavy (non-hydrogen) atoms. The second-order valence-corrected chi connectivity index (χ2v) is 9.60. The summed E-state index contributed by atoms with van der Waals surface area (Å²) in [5.41, 5.74) is 0.316. The number of hydrogen-bond donors (Lipinski definition) is 1. The van der Waals surface area contributed by atoms with Crippen LogP contribution in [0.2, 0.25) is 0 Å². The molecule has 1 aliphatic rings. The van der Waals surface area contributed by atoms with E-state index in [-0.39, 0.29) is 17.2 Å². The van der Waals surface area contributed by atoms with Crippen molar-refractivity contribution >= 4 is 21.6 Å². The van der Waals surface area contributed by atoms with E-state index in [9.17, 15) is 13.2 Å². The number of carbonyl (C=O) groups is 1. The standard InChI is InChI=1S/C24H26N2O5S/c27-24(14-11-19-10-7-17-30-19)25-22-18-21(32(28,29)26-15-5-2-6-16-26)12-13-23(22)31-20-8-3-1-4-9-20/h1,3-4,7-10,12-13,17-18H,2,5-6,11,14-16H2,(H,25,27). The third kappa shape index (κ3) is 5.38. The van der Waals surface area contributed by atoms with Gasteiger partial charge in [-0.15, -0.1) is 0 Å². The van der Waals surface area contributed by atoms with Gasteiger partial charge in [0.2, 0.25) is 15.9 Å². The Morgan fingerprint density at radius 1 is 1.00 bits per heavy atom. The third-order valence-corrected chi connectivity index (χ3v) is 7.22. The molecule has 8 heteroatoms. The van der Waals surface area contributed by atoms with Crippen LogP contribution in [-0.4, -0.2) is 31.7 Å². The van der Waals surface area contributed by atoms with Gasteiger partial charge < -0.3 is 14.5 Å². The molecule has 0 spiro atoms. The van der Waals surface area contributed by atoms with Gasteiger partial charge in [-0.2, -0.15) is 4.31 Å². The zero-order valence-electron chi connectivity index (χ0n) is 17.7. The molecule has 0 unspecified atom stereocenters. The number of sulfonamides is 1. The van der Waals surface area contributed by atoms with Crippen molar-refractivity contribution in [3.8, 4) is 11.5 Å². The first-order chi connectivity index (χ1) is 15.5. The molecule has 1 aromatic heterocycles. The normalized spacial score (nSPS) is 14.8. The Labute approximate surface area is 188 Å². The highest BCUT2D eigenvalue weighted by Gasteiger charge is 2.27. The van der Waals surface area contributed by atoms with Crippen molar-refractivity contribution < 1.29 is 22.4 Å². The lowest BCUT2D eigenvalue weighted by molar-refractivity contribution is -0.116. The SMILES string of the molecule is O=C(CCc1ccco1)Nc1cc(S(=O)(=O)N2CCCCC2)ccc1Oc1ccccc1. The van der Waals surface area contributed by atoms with Crippen LogP contribution < -0.4 is 10.1 Å². The van der Waals surface area contributed by atoms with E-state index in [0.29, 0.717) is 42.5 Å². The van der Waals surface area contributed by atoms with Crippen LogP contribution in [0.15, 0.2) is 76.2 Å². The number of hydrogen-bond acceptors (Lipinski definition) is 5. The van der Waals surface area contributed by atoms with Crippen LogP contribution in [0, 0.1) is 0 Å². The van der Waals surface area contributed by atoms with E-state index in [1.165, 1.54) is 16.4 Å². The number of benzene rings is 2. The molecular weight excluding hydrogens is 428 g/mol. The van der Waals surface area contributed by atoms with Crippen LogP contribution in [0.3, 0.4) is 0 Å². The van der Waals surface area contributed by atoms with Gasteiger partial charge in [-0.05, 0) is 55.3 Å². The summed E-state index contributed by atoms with van der Waals surface area (Å²) in [7, 11) is -3.65. The van der Waals surface area contributed by atoms with E-state index in [4.69, 9.17) is 9.15 Å². The molecule has 0 aliphatic carbocycles. The smallest absolute Gasteiger partial charge is 0.243 e. The third-order valence-electron chi connectivity index (χ3n) is 5.33. The summed E-state index contributed by atoms with van der Waals surface area (Å²) < 4.78 is 39.0. The number of amides is 1. The van der Waals surface area contributed by atoms with Crippen molar-refractivity contribution in [1.29, 1.82) is 0 Å². The zero-order chi connectivity index (χ0) is 22.4. The van der Waals surface area contributed by atoms with Crippen molar-refractivity contribution in [2.75, 3.05) is 18.4 Å². The topological polar surface area (TPSA) is 88.8 Å². The zero-order valence-corrected chi connectivity index (χ0v) is 18.5.